The number of benzene rings is 2. The Morgan fingerprint density at radius 3 is 2.38 bits per heavy atom. The van der Waals surface area contributed by atoms with Gasteiger partial charge in [0.15, 0.2) is 5.82 Å². The van der Waals surface area contributed by atoms with Crippen molar-refractivity contribution in [1.29, 1.82) is 0 Å². The maximum atomic E-state index is 5.44. The third-order valence-electron chi connectivity index (χ3n) is 5.60. The summed E-state index contributed by atoms with van der Waals surface area (Å²) in [6.07, 6.45) is 6.23. The number of hydrogen-bond acceptors (Lipinski definition) is 5. The molecule has 0 spiro atoms. The van der Waals surface area contributed by atoms with Gasteiger partial charge in [-0.05, 0) is 81.4 Å². The van der Waals surface area contributed by atoms with Crippen LogP contribution in [0.2, 0.25) is 0 Å². The first kappa shape index (κ1) is 30.2. The van der Waals surface area contributed by atoms with Crippen molar-refractivity contribution in [3.8, 4) is 5.75 Å². The van der Waals surface area contributed by atoms with E-state index < -0.39 is 0 Å². The molecule has 186 valence electrons. The summed E-state index contributed by atoms with van der Waals surface area (Å²) in [6, 6.07) is 14.4. The van der Waals surface area contributed by atoms with E-state index in [1.165, 1.54) is 0 Å². The Morgan fingerprint density at radius 1 is 1.03 bits per heavy atom. The van der Waals surface area contributed by atoms with E-state index >= 15 is 0 Å². The van der Waals surface area contributed by atoms with Gasteiger partial charge in [-0.1, -0.05) is 48.0 Å². The lowest BCUT2D eigenvalue weighted by Crippen LogP contribution is -2.25. The van der Waals surface area contributed by atoms with Gasteiger partial charge in [0, 0.05) is 15.9 Å². The molecule has 1 heterocycles. The first-order valence-corrected chi connectivity index (χ1v) is 12.1. The fraction of sp³-hybridized carbons (Fsp3) is 0.385. The van der Waals surface area contributed by atoms with Crippen LogP contribution in [-0.4, -0.2) is 47.7 Å². The number of rotatable bonds is 11. The van der Waals surface area contributed by atoms with Gasteiger partial charge in [0.2, 0.25) is 0 Å². The molecule has 1 aromatic heterocycles. The van der Waals surface area contributed by atoms with Crippen molar-refractivity contribution < 1.29 is 4.74 Å². The minimum Gasteiger partial charge on any atom is -0.497 e. The van der Waals surface area contributed by atoms with E-state index in [1.807, 2.05) is 42.5 Å². The number of anilines is 1. The number of ether oxygens (including phenoxy) is 1. The Morgan fingerprint density at radius 2 is 1.74 bits per heavy atom. The molecule has 3 aromatic rings. The number of halogens is 3. The largest absolute Gasteiger partial charge is 0.497 e. The lowest BCUT2D eigenvalue weighted by Gasteiger charge is -2.20. The molecular weight excluding hydrogens is 535 g/mol. The minimum atomic E-state index is 0. The van der Waals surface area contributed by atoms with E-state index in [-0.39, 0.29) is 24.8 Å². The van der Waals surface area contributed by atoms with Gasteiger partial charge in [0.1, 0.15) is 11.6 Å². The van der Waals surface area contributed by atoms with Gasteiger partial charge in [0.25, 0.3) is 0 Å². The van der Waals surface area contributed by atoms with Crippen LogP contribution in [0.25, 0.3) is 23.1 Å². The molecular formula is C26H35BrCl2N4O. The molecule has 0 fully saturated rings. The predicted octanol–water partition coefficient (Wildman–Crippen LogP) is 7.34. The summed E-state index contributed by atoms with van der Waals surface area (Å²) in [5.74, 6) is 2.33. The smallest absolute Gasteiger partial charge is 0.154 e. The molecule has 0 saturated heterocycles. The molecule has 0 radical (unpaired) electrons. The molecule has 0 bridgehead atoms. The fourth-order valence-electron chi connectivity index (χ4n) is 3.65. The second-order valence-corrected chi connectivity index (χ2v) is 8.83. The molecule has 0 aliphatic heterocycles. The second-order valence-electron chi connectivity index (χ2n) is 7.91. The van der Waals surface area contributed by atoms with E-state index in [2.05, 4.69) is 59.1 Å². The summed E-state index contributed by atoms with van der Waals surface area (Å²) in [7, 11) is 1.68. The van der Waals surface area contributed by atoms with E-state index in [9.17, 15) is 0 Å². The van der Waals surface area contributed by atoms with Gasteiger partial charge >= 0.3 is 0 Å². The molecule has 1 N–H and O–H groups in total. The quantitative estimate of drug-likeness (QED) is 0.262. The number of nitrogens with zero attached hydrogens (tertiary/aromatic N) is 3. The Hall–Kier alpha value is -1.86. The van der Waals surface area contributed by atoms with E-state index in [0.29, 0.717) is 11.9 Å². The van der Waals surface area contributed by atoms with Crippen molar-refractivity contribution in [2.75, 3.05) is 32.1 Å². The summed E-state index contributed by atoms with van der Waals surface area (Å²) in [5.41, 5.74) is 2.00. The molecule has 34 heavy (non-hydrogen) atoms. The zero-order valence-corrected chi connectivity index (χ0v) is 23.5. The molecule has 0 aliphatic carbocycles. The molecule has 2 aromatic carbocycles. The van der Waals surface area contributed by atoms with Crippen molar-refractivity contribution in [1.82, 2.24) is 14.9 Å². The highest BCUT2D eigenvalue weighted by atomic mass is 79.9. The molecule has 0 aliphatic rings. The zero-order valence-electron chi connectivity index (χ0n) is 20.3. The maximum Gasteiger partial charge on any atom is 0.154 e. The highest BCUT2D eigenvalue weighted by Crippen LogP contribution is 2.26. The monoisotopic (exact) mass is 568 g/mol. The summed E-state index contributed by atoms with van der Waals surface area (Å²) in [6.45, 7) is 9.97. The van der Waals surface area contributed by atoms with Crippen LogP contribution in [0.5, 0.6) is 5.75 Å². The minimum absolute atomic E-state index is 0. The fourth-order valence-corrected chi connectivity index (χ4v) is 3.91. The van der Waals surface area contributed by atoms with Gasteiger partial charge in [-0.25, -0.2) is 9.97 Å². The van der Waals surface area contributed by atoms with Gasteiger partial charge in [-0.3, -0.25) is 0 Å². The maximum absolute atomic E-state index is 5.44. The topological polar surface area (TPSA) is 50.3 Å². The highest BCUT2D eigenvalue weighted by molar-refractivity contribution is 9.10. The number of hydrogen-bond donors (Lipinski definition) is 1. The number of nitrogens with one attached hydrogen (secondary N) is 1. The van der Waals surface area contributed by atoms with Crippen LogP contribution in [0.4, 0.5) is 5.82 Å². The van der Waals surface area contributed by atoms with Crippen molar-refractivity contribution >= 4 is 69.6 Å². The van der Waals surface area contributed by atoms with E-state index in [4.69, 9.17) is 14.7 Å². The zero-order chi connectivity index (χ0) is 22.9. The van der Waals surface area contributed by atoms with Gasteiger partial charge in [-0.15, -0.1) is 24.8 Å². The average molecular weight is 570 g/mol. The molecule has 1 unspecified atom stereocenters. The molecule has 8 heteroatoms. The normalized spacial score (nSPS) is 11.8. The Balaban J connectivity index is 0.00000289. The molecule has 3 rings (SSSR count). The van der Waals surface area contributed by atoms with Crippen molar-refractivity contribution in [2.24, 2.45) is 0 Å². The van der Waals surface area contributed by atoms with Crippen LogP contribution >= 0.6 is 40.7 Å². The Bertz CT molecular complexity index is 1040. The second kappa shape index (κ2) is 15.2. The number of aromatic nitrogens is 2. The SMILES string of the molecule is CCN(CC)CCCC(C)Nc1nc(/C=C/c2ccc(Br)cc2)nc2ccc(OC)cc12.Cl.Cl. The summed E-state index contributed by atoms with van der Waals surface area (Å²) in [4.78, 5) is 12.1. The third kappa shape index (κ3) is 8.73. The first-order valence-electron chi connectivity index (χ1n) is 11.3. The van der Waals surface area contributed by atoms with Crippen molar-refractivity contribution in [3.63, 3.8) is 0 Å². The predicted molar refractivity (Wildman–Crippen MR) is 154 cm³/mol. The third-order valence-corrected chi connectivity index (χ3v) is 6.13. The molecule has 5 nitrogen and oxygen atoms in total. The lowest BCUT2D eigenvalue weighted by atomic mass is 10.1. The van der Waals surface area contributed by atoms with Gasteiger partial charge in [0.05, 0.1) is 12.6 Å². The van der Waals surface area contributed by atoms with Crippen molar-refractivity contribution in [2.45, 2.75) is 39.7 Å². The molecule has 0 amide bonds. The Labute approximate surface area is 224 Å². The van der Waals surface area contributed by atoms with Crippen LogP contribution in [0, 0.1) is 0 Å². The summed E-state index contributed by atoms with van der Waals surface area (Å²) < 4.78 is 6.50. The van der Waals surface area contributed by atoms with E-state index in [1.54, 1.807) is 7.11 Å². The first-order chi connectivity index (χ1) is 15.5. The van der Waals surface area contributed by atoms with Crippen LogP contribution < -0.4 is 10.1 Å². The number of methoxy groups -OCH3 is 1. The number of fused-ring (bicyclic) bond motifs is 1. The summed E-state index contributed by atoms with van der Waals surface area (Å²) >= 11 is 3.48. The molecule has 1 atom stereocenters. The standard InChI is InChI=1S/C26H33BrN4O.2ClH/c1-5-31(6-2)17-7-8-19(3)28-26-23-18-22(32-4)14-15-24(23)29-25(30-26)16-11-20-9-12-21(27)13-10-20;;/h9-16,18-19H,5-8,17H2,1-4H3,(H,28,29,30);2*1H/b16-11+;;. The van der Waals surface area contributed by atoms with Crippen LogP contribution in [0.3, 0.4) is 0 Å². The Kier molecular flexibility index (Phi) is 13.5. The van der Waals surface area contributed by atoms with Gasteiger partial charge < -0.3 is 15.0 Å². The van der Waals surface area contributed by atoms with Gasteiger partial charge in [-0.2, -0.15) is 0 Å². The van der Waals surface area contributed by atoms with Crippen LogP contribution in [0.15, 0.2) is 46.9 Å². The van der Waals surface area contributed by atoms with Crippen LogP contribution in [-0.2, 0) is 0 Å². The highest BCUT2D eigenvalue weighted by Gasteiger charge is 2.11. The van der Waals surface area contributed by atoms with E-state index in [0.717, 1.165) is 65.0 Å². The van der Waals surface area contributed by atoms with Crippen LogP contribution in [0.1, 0.15) is 45.0 Å². The van der Waals surface area contributed by atoms with Crippen molar-refractivity contribution in [3.05, 3.63) is 58.3 Å². The summed E-state index contributed by atoms with van der Waals surface area (Å²) in [5, 5.41) is 4.60. The molecule has 0 saturated carbocycles. The lowest BCUT2D eigenvalue weighted by molar-refractivity contribution is 0.295. The average Bonchev–Trinajstić information content (AvgIpc) is 2.81.